The molecule has 0 saturated carbocycles. The molecule has 1 aromatic carbocycles. The summed E-state index contributed by atoms with van der Waals surface area (Å²) in [5.74, 6) is 0. The van der Waals surface area contributed by atoms with Crippen molar-refractivity contribution in [3.63, 3.8) is 0 Å². The molecule has 0 bridgehead atoms. The first kappa shape index (κ1) is 12.7. The zero-order valence-electron chi connectivity index (χ0n) is 10.0. The Morgan fingerprint density at radius 2 is 1.74 bits per heavy atom. The molecule has 0 N–H and O–H groups in total. The topological polar surface area (TPSA) is 0 Å². The molecule has 0 aliphatic carbocycles. The number of rotatable bonds is 3. The third kappa shape index (κ3) is 2.98. The summed E-state index contributed by atoms with van der Waals surface area (Å²) < 4.78 is 0. The maximum Gasteiger partial charge on any atom is 0.0492 e. The Hall–Kier alpha value is -1.35. The van der Waals surface area contributed by atoms with Gasteiger partial charge in [-0.2, -0.15) is 0 Å². The summed E-state index contributed by atoms with van der Waals surface area (Å²) in [5.41, 5.74) is 1.05. The molecule has 0 unspecified atom stereocenters. The zero-order chi connectivity index (χ0) is 13.1. The molecule has 0 nitrogen and oxygen atoms in total. The van der Waals surface area contributed by atoms with Crippen molar-refractivity contribution in [3.05, 3.63) is 70.4 Å². The Morgan fingerprint density at radius 1 is 0.895 bits per heavy atom. The highest BCUT2D eigenvalue weighted by Gasteiger charge is 2.03. The molecule has 0 amide bonds. The normalized spacial score (nSPS) is 11.7. The number of hydrogen-bond donors (Lipinski definition) is 0. The monoisotopic (exact) mass is 302 g/mol. The number of halogens is 1. The second-order valence-electron chi connectivity index (χ2n) is 4.04. The molecule has 94 valence electrons. The van der Waals surface area contributed by atoms with Gasteiger partial charge in [0.15, 0.2) is 0 Å². The van der Waals surface area contributed by atoms with Crippen LogP contribution in [0.2, 0.25) is 0 Å². The van der Waals surface area contributed by atoms with Crippen molar-refractivity contribution in [2.75, 3.05) is 0 Å². The lowest BCUT2D eigenvalue weighted by Gasteiger charge is -1.97. The summed E-state index contributed by atoms with van der Waals surface area (Å²) in [5, 5.41) is 2.88. The molecule has 0 fully saturated rings. The molecule has 2 heterocycles. The van der Waals surface area contributed by atoms with Crippen molar-refractivity contribution in [2.45, 2.75) is 0 Å². The van der Waals surface area contributed by atoms with E-state index in [1.807, 2.05) is 36.4 Å². The van der Waals surface area contributed by atoms with E-state index in [1.54, 1.807) is 22.7 Å². The molecule has 0 radical (unpaired) electrons. The fourth-order valence-corrected chi connectivity index (χ4v) is 3.88. The SMILES string of the molecule is Cl/C(=C\c1ccc(-c2cccs2)s1)c1ccccc1. The minimum absolute atomic E-state index is 0.778. The van der Waals surface area contributed by atoms with Crippen LogP contribution >= 0.6 is 34.3 Å². The molecular formula is C16H11ClS2. The molecule has 0 aliphatic heterocycles. The summed E-state index contributed by atoms with van der Waals surface area (Å²) in [6.45, 7) is 0. The highest BCUT2D eigenvalue weighted by atomic mass is 35.5. The van der Waals surface area contributed by atoms with Crippen molar-refractivity contribution < 1.29 is 0 Å². The molecule has 0 saturated heterocycles. The third-order valence-electron chi connectivity index (χ3n) is 2.71. The van der Waals surface area contributed by atoms with Gasteiger partial charge in [0.25, 0.3) is 0 Å². The molecule has 0 aliphatic rings. The quantitative estimate of drug-likeness (QED) is 0.539. The summed E-state index contributed by atoms with van der Waals surface area (Å²) in [4.78, 5) is 3.77. The maximum absolute atomic E-state index is 6.35. The van der Waals surface area contributed by atoms with Gasteiger partial charge in [0, 0.05) is 19.7 Å². The first-order valence-corrected chi connectivity index (χ1v) is 7.97. The molecular weight excluding hydrogens is 292 g/mol. The lowest BCUT2D eigenvalue weighted by Crippen LogP contribution is -1.74. The largest absolute Gasteiger partial charge is 0.143 e. The molecule has 0 spiro atoms. The minimum atomic E-state index is 0.778. The van der Waals surface area contributed by atoms with Gasteiger partial charge in [-0.1, -0.05) is 48.0 Å². The average Bonchev–Trinajstić information content (AvgIpc) is 3.10. The predicted octanol–water partition coefficient (Wildman–Crippen LogP) is 6.21. The van der Waals surface area contributed by atoms with Gasteiger partial charge in [-0.15, -0.1) is 22.7 Å². The lowest BCUT2D eigenvalue weighted by molar-refractivity contribution is 1.66. The van der Waals surface area contributed by atoms with Crippen LogP contribution in [-0.4, -0.2) is 0 Å². The fraction of sp³-hybridized carbons (Fsp3) is 0. The molecule has 2 aromatic heterocycles. The Bertz CT molecular complexity index is 679. The number of benzene rings is 1. The molecule has 0 atom stereocenters. The van der Waals surface area contributed by atoms with Crippen LogP contribution in [0.5, 0.6) is 0 Å². The van der Waals surface area contributed by atoms with Gasteiger partial charge in [-0.25, -0.2) is 0 Å². The van der Waals surface area contributed by atoms with E-state index in [9.17, 15) is 0 Å². The van der Waals surface area contributed by atoms with Crippen molar-refractivity contribution >= 4 is 45.4 Å². The van der Waals surface area contributed by atoms with E-state index in [0.717, 1.165) is 10.6 Å². The van der Waals surface area contributed by atoms with E-state index < -0.39 is 0 Å². The Kier molecular flexibility index (Phi) is 3.83. The van der Waals surface area contributed by atoms with Crippen LogP contribution in [-0.2, 0) is 0 Å². The van der Waals surface area contributed by atoms with Crippen molar-refractivity contribution in [1.29, 1.82) is 0 Å². The average molecular weight is 303 g/mol. The van der Waals surface area contributed by atoms with E-state index in [2.05, 4.69) is 29.6 Å². The maximum atomic E-state index is 6.35. The summed E-state index contributed by atoms with van der Waals surface area (Å²) in [6, 6.07) is 18.5. The number of hydrogen-bond acceptors (Lipinski definition) is 2. The van der Waals surface area contributed by atoms with E-state index in [1.165, 1.54) is 14.6 Å². The zero-order valence-corrected chi connectivity index (χ0v) is 12.4. The van der Waals surface area contributed by atoms with Gasteiger partial charge >= 0.3 is 0 Å². The van der Waals surface area contributed by atoms with Gasteiger partial charge < -0.3 is 0 Å². The van der Waals surface area contributed by atoms with Gasteiger partial charge in [-0.05, 0) is 35.2 Å². The summed E-state index contributed by atoms with van der Waals surface area (Å²) in [6.07, 6.45) is 2.03. The van der Waals surface area contributed by atoms with E-state index in [0.29, 0.717) is 0 Å². The summed E-state index contributed by atoms with van der Waals surface area (Å²) in [7, 11) is 0. The van der Waals surface area contributed by atoms with Crippen LogP contribution < -0.4 is 0 Å². The summed E-state index contributed by atoms with van der Waals surface area (Å²) >= 11 is 9.87. The van der Waals surface area contributed by atoms with Gasteiger partial charge in [-0.3, -0.25) is 0 Å². The van der Waals surface area contributed by atoms with Gasteiger partial charge in [0.2, 0.25) is 0 Å². The van der Waals surface area contributed by atoms with Crippen LogP contribution in [0.25, 0.3) is 20.9 Å². The van der Waals surface area contributed by atoms with Crippen molar-refractivity contribution in [2.24, 2.45) is 0 Å². The van der Waals surface area contributed by atoms with E-state index in [-0.39, 0.29) is 0 Å². The second-order valence-corrected chi connectivity index (χ2v) is 6.51. The van der Waals surface area contributed by atoms with Crippen LogP contribution in [0.1, 0.15) is 10.4 Å². The first-order valence-electron chi connectivity index (χ1n) is 5.89. The lowest BCUT2D eigenvalue weighted by atomic mass is 10.2. The van der Waals surface area contributed by atoms with Crippen LogP contribution in [0.3, 0.4) is 0 Å². The molecule has 3 rings (SSSR count). The third-order valence-corrected chi connectivity index (χ3v) is 5.13. The molecule has 19 heavy (non-hydrogen) atoms. The van der Waals surface area contributed by atoms with E-state index in [4.69, 9.17) is 11.6 Å². The Labute approximate surface area is 125 Å². The molecule has 3 heteroatoms. The van der Waals surface area contributed by atoms with E-state index >= 15 is 0 Å². The Morgan fingerprint density at radius 3 is 2.47 bits per heavy atom. The van der Waals surface area contributed by atoms with Crippen LogP contribution in [0.15, 0.2) is 60.0 Å². The smallest absolute Gasteiger partial charge is 0.0492 e. The first-order chi connectivity index (χ1) is 9.33. The standard InChI is InChI=1S/C16H11ClS2/c17-14(12-5-2-1-3-6-12)11-13-8-9-16(19-13)15-7-4-10-18-15/h1-11H/b14-11-. The number of thiophene rings is 2. The minimum Gasteiger partial charge on any atom is -0.143 e. The molecule has 3 aromatic rings. The highest BCUT2D eigenvalue weighted by molar-refractivity contribution is 7.21. The Balaban J connectivity index is 1.88. The van der Waals surface area contributed by atoms with Gasteiger partial charge in [0.05, 0.1) is 0 Å². The predicted molar refractivity (Wildman–Crippen MR) is 87.8 cm³/mol. The fourth-order valence-electron chi connectivity index (χ4n) is 1.79. The van der Waals surface area contributed by atoms with Crippen molar-refractivity contribution in [1.82, 2.24) is 0 Å². The van der Waals surface area contributed by atoms with Crippen LogP contribution in [0, 0.1) is 0 Å². The van der Waals surface area contributed by atoms with Crippen molar-refractivity contribution in [3.8, 4) is 9.75 Å². The van der Waals surface area contributed by atoms with Crippen LogP contribution in [0.4, 0.5) is 0 Å². The van der Waals surface area contributed by atoms with Gasteiger partial charge in [0.1, 0.15) is 0 Å². The highest BCUT2D eigenvalue weighted by Crippen LogP contribution is 2.33. The second kappa shape index (κ2) is 5.74.